The molecular formula is C14H30N2. The molecule has 96 valence electrons. The molecule has 1 heterocycles. The molecular weight excluding hydrogens is 196 g/mol. The summed E-state index contributed by atoms with van der Waals surface area (Å²) >= 11 is 0. The lowest BCUT2D eigenvalue weighted by molar-refractivity contribution is 0.0443. The summed E-state index contributed by atoms with van der Waals surface area (Å²) in [6.07, 6.45) is 2.66. The van der Waals surface area contributed by atoms with Gasteiger partial charge < -0.3 is 9.80 Å². The Morgan fingerprint density at radius 1 is 0.812 bits per heavy atom. The van der Waals surface area contributed by atoms with Crippen molar-refractivity contribution < 1.29 is 0 Å². The summed E-state index contributed by atoms with van der Waals surface area (Å²) in [5.41, 5.74) is 0. The third-order valence-corrected chi connectivity index (χ3v) is 3.73. The number of piperazine rings is 1. The van der Waals surface area contributed by atoms with E-state index in [1.165, 1.54) is 25.9 Å². The smallest absolute Gasteiger partial charge is 0.0223 e. The molecule has 2 atom stereocenters. The van der Waals surface area contributed by atoms with Crippen molar-refractivity contribution in [1.82, 2.24) is 9.80 Å². The largest absolute Gasteiger partial charge is 0.301 e. The Balaban J connectivity index is 2.49. The Morgan fingerprint density at radius 3 is 1.38 bits per heavy atom. The van der Waals surface area contributed by atoms with Crippen LogP contribution in [0.25, 0.3) is 0 Å². The molecule has 1 saturated heterocycles. The van der Waals surface area contributed by atoms with Gasteiger partial charge in [-0.15, -0.1) is 0 Å². The number of hydrogen-bond donors (Lipinski definition) is 0. The molecule has 0 aromatic heterocycles. The second kappa shape index (κ2) is 6.02. The molecule has 16 heavy (non-hydrogen) atoms. The molecule has 0 aromatic rings. The van der Waals surface area contributed by atoms with Crippen LogP contribution in [0.15, 0.2) is 0 Å². The molecule has 2 unspecified atom stereocenters. The Bertz CT molecular complexity index is 179. The van der Waals surface area contributed by atoms with Crippen LogP contribution in [0.2, 0.25) is 0 Å². The summed E-state index contributed by atoms with van der Waals surface area (Å²) in [6, 6.07) is 1.52. The Labute approximate surface area is 102 Å². The van der Waals surface area contributed by atoms with E-state index in [9.17, 15) is 0 Å². The van der Waals surface area contributed by atoms with Gasteiger partial charge in [0.15, 0.2) is 0 Å². The topological polar surface area (TPSA) is 6.48 Å². The van der Waals surface area contributed by atoms with Crippen LogP contribution >= 0.6 is 0 Å². The molecule has 0 radical (unpaired) electrons. The van der Waals surface area contributed by atoms with Crippen molar-refractivity contribution in [3.05, 3.63) is 0 Å². The molecule has 0 aromatic carbocycles. The molecule has 0 N–H and O–H groups in total. The van der Waals surface area contributed by atoms with Crippen molar-refractivity contribution in [2.24, 2.45) is 11.8 Å². The molecule has 0 saturated carbocycles. The Morgan fingerprint density at radius 2 is 1.12 bits per heavy atom. The van der Waals surface area contributed by atoms with Gasteiger partial charge in [-0.3, -0.25) is 0 Å². The minimum absolute atomic E-state index is 0.758. The monoisotopic (exact) mass is 226 g/mol. The number of hydrogen-bond acceptors (Lipinski definition) is 2. The quantitative estimate of drug-likeness (QED) is 0.727. The zero-order valence-corrected chi connectivity index (χ0v) is 12.0. The van der Waals surface area contributed by atoms with Crippen LogP contribution in [0.3, 0.4) is 0 Å². The summed E-state index contributed by atoms with van der Waals surface area (Å²) in [5.74, 6) is 1.62. The summed E-state index contributed by atoms with van der Waals surface area (Å²) in [7, 11) is 4.60. The fourth-order valence-corrected chi connectivity index (χ4v) is 2.84. The summed E-state index contributed by atoms with van der Waals surface area (Å²) in [5, 5.41) is 0. The Kier molecular flexibility index (Phi) is 5.26. The number of nitrogens with zero attached hydrogens (tertiary/aromatic N) is 2. The van der Waals surface area contributed by atoms with Crippen LogP contribution in [0, 0.1) is 11.8 Å². The normalized spacial score (nSPS) is 29.2. The van der Waals surface area contributed by atoms with Crippen molar-refractivity contribution in [2.75, 3.05) is 27.2 Å². The first-order valence-corrected chi connectivity index (χ1v) is 6.80. The molecule has 1 aliphatic heterocycles. The predicted molar refractivity (Wildman–Crippen MR) is 71.7 cm³/mol. The molecule has 1 fully saturated rings. The first kappa shape index (κ1) is 14.0. The summed E-state index contributed by atoms with van der Waals surface area (Å²) in [4.78, 5) is 5.15. The Hall–Kier alpha value is -0.0800. The van der Waals surface area contributed by atoms with Gasteiger partial charge in [0.2, 0.25) is 0 Å². The van der Waals surface area contributed by atoms with E-state index in [1.54, 1.807) is 0 Å². The zero-order valence-electron chi connectivity index (χ0n) is 12.0. The molecule has 1 aliphatic rings. The molecule has 0 amide bonds. The van der Waals surface area contributed by atoms with Gasteiger partial charge in [0.25, 0.3) is 0 Å². The highest BCUT2D eigenvalue weighted by atomic mass is 15.3. The van der Waals surface area contributed by atoms with Crippen LogP contribution in [0.4, 0.5) is 0 Å². The predicted octanol–water partition coefficient (Wildman–Crippen LogP) is 2.69. The third kappa shape index (κ3) is 4.06. The van der Waals surface area contributed by atoms with E-state index in [-0.39, 0.29) is 0 Å². The summed E-state index contributed by atoms with van der Waals surface area (Å²) < 4.78 is 0. The van der Waals surface area contributed by atoms with E-state index in [4.69, 9.17) is 0 Å². The van der Waals surface area contributed by atoms with Crippen molar-refractivity contribution in [2.45, 2.75) is 52.6 Å². The maximum atomic E-state index is 2.58. The van der Waals surface area contributed by atoms with E-state index in [0.29, 0.717) is 0 Å². The van der Waals surface area contributed by atoms with Gasteiger partial charge in [0, 0.05) is 25.2 Å². The lowest BCUT2D eigenvalue weighted by Crippen LogP contribution is -2.56. The van der Waals surface area contributed by atoms with E-state index < -0.39 is 0 Å². The number of rotatable bonds is 4. The van der Waals surface area contributed by atoms with Gasteiger partial charge in [-0.25, -0.2) is 0 Å². The highest BCUT2D eigenvalue weighted by Gasteiger charge is 2.29. The van der Waals surface area contributed by atoms with Crippen LogP contribution in [0.1, 0.15) is 40.5 Å². The van der Waals surface area contributed by atoms with E-state index >= 15 is 0 Å². The molecule has 0 spiro atoms. The standard InChI is InChI=1S/C14H30N2/c1-11(2)7-13-9-16(6)14(8-12(3)4)10-15(13)5/h11-14H,7-10H2,1-6H3. The third-order valence-electron chi connectivity index (χ3n) is 3.73. The average molecular weight is 226 g/mol. The molecule has 0 aliphatic carbocycles. The second-order valence-corrected chi connectivity index (χ2v) is 6.45. The highest BCUT2D eigenvalue weighted by Crippen LogP contribution is 2.21. The maximum Gasteiger partial charge on any atom is 0.0223 e. The maximum absolute atomic E-state index is 2.58. The van der Waals surface area contributed by atoms with Crippen molar-refractivity contribution in [3.8, 4) is 0 Å². The number of likely N-dealkylation sites (N-methyl/N-ethyl adjacent to an activating group) is 2. The SMILES string of the molecule is CC(C)CC1CN(C)C(CC(C)C)CN1C. The van der Waals surface area contributed by atoms with Gasteiger partial charge in [-0.1, -0.05) is 27.7 Å². The fourth-order valence-electron chi connectivity index (χ4n) is 2.84. The highest BCUT2D eigenvalue weighted by molar-refractivity contribution is 4.86. The van der Waals surface area contributed by atoms with Gasteiger partial charge in [0.05, 0.1) is 0 Å². The zero-order chi connectivity index (χ0) is 12.3. The summed E-state index contributed by atoms with van der Waals surface area (Å²) in [6.45, 7) is 11.8. The second-order valence-electron chi connectivity index (χ2n) is 6.45. The van der Waals surface area contributed by atoms with Gasteiger partial charge in [-0.2, -0.15) is 0 Å². The lowest BCUT2D eigenvalue weighted by atomic mass is 9.95. The van der Waals surface area contributed by atoms with Crippen molar-refractivity contribution in [3.63, 3.8) is 0 Å². The van der Waals surface area contributed by atoms with Crippen LogP contribution < -0.4 is 0 Å². The van der Waals surface area contributed by atoms with Crippen LogP contribution in [0.5, 0.6) is 0 Å². The first-order chi connectivity index (χ1) is 7.40. The van der Waals surface area contributed by atoms with Crippen LogP contribution in [-0.2, 0) is 0 Å². The minimum Gasteiger partial charge on any atom is -0.301 e. The molecule has 2 heteroatoms. The average Bonchev–Trinajstić information content (AvgIpc) is 2.11. The van der Waals surface area contributed by atoms with Crippen molar-refractivity contribution in [1.29, 1.82) is 0 Å². The van der Waals surface area contributed by atoms with Gasteiger partial charge in [0.1, 0.15) is 0 Å². The molecule has 1 rings (SSSR count). The van der Waals surface area contributed by atoms with Gasteiger partial charge >= 0.3 is 0 Å². The molecule has 0 bridgehead atoms. The van der Waals surface area contributed by atoms with Crippen molar-refractivity contribution >= 4 is 0 Å². The van der Waals surface area contributed by atoms with Gasteiger partial charge in [-0.05, 0) is 38.8 Å². The van der Waals surface area contributed by atoms with E-state index in [2.05, 4.69) is 51.6 Å². The molecule has 2 nitrogen and oxygen atoms in total. The van der Waals surface area contributed by atoms with Crippen LogP contribution in [-0.4, -0.2) is 49.1 Å². The lowest BCUT2D eigenvalue weighted by Gasteiger charge is -2.44. The minimum atomic E-state index is 0.758. The fraction of sp³-hybridized carbons (Fsp3) is 1.00. The van der Waals surface area contributed by atoms with E-state index in [0.717, 1.165) is 23.9 Å². The first-order valence-electron chi connectivity index (χ1n) is 6.80. The van der Waals surface area contributed by atoms with E-state index in [1.807, 2.05) is 0 Å².